The summed E-state index contributed by atoms with van der Waals surface area (Å²) >= 11 is 0. The van der Waals surface area contributed by atoms with E-state index >= 15 is 0 Å². The van der Waals surface area contributed by atoms with E-state index in [-0.39, 0.29) is 24.0 Å². The van der Waals surface area contributed by atoms with Gasteiger partial charge in [0.2, 0.25) is 5.91 Å². The van der Waals surface area contributed by atoms with Gasteiger partial charge in [0.25, 0.3) is 0 Å². The summed E-state index contributed by atoms with van der Waals surface area (Å²) in [5.74, 6) is -0.0434. The molecule has 1 rings (SSSR count). The molecule has 0 spiro atoms. The van der Waals surface area contributed by atoms with Crippen LogP contribution in [0.5, 0.6) is 0 Å². The lowest BCUT2D eigenvalue weighted by Gasteiger charge is -2.05. The van der Waals surface area contributed by atoms with Gasteiger partial charge in [0.05, 0.1) is 0 Å². The number of rotatable bonds is 3. The lowest BCUT2D eigenvalue weighted by Crippen LogP contribution is -2.30. The van der Waals surface area contributed by atoms with Crippen molar-refractivity contribution in [3.05, 3.63) is 35.4 Å². The Kier molecular flexibility index (Phi) is 6.47. The first-order valence-electron chi connectivity index (χ1n) is 4.48. The van der Waals surface area contributed by atoms with E-state index in [4.69, 9.17) is 11.5 Å². The minimum absolute atomic E-state index is 0. The first kappa shape index (κ1) is 14.7. The molecule has 0 bridgehead atoms. The number of guanidine groups is 1. The summed E-state index contributed by atoms with van der Waals surface area (Å²) in [5.41, 5.74) is 12.1. The standard InChI is InChI=1S/C10H14N4O.HI/c1-13-10(12)14-6-7-2-4-8(5-3-7)9(11)15;/h2-5H,6H2,1H3,(H2,11,15)(H3,12,13,14);1H. The number of amides is 1. The second-order valence-electron chi connectivity index (χ2n) is 3.02. The van der Waals surface area contributed by atoms with Crippen molar-refractivity contribution in [3.8, 4) is 0 Å². The van der Waals surface area contributed by atoms with Crippen LogP contribution >= 0.6 is 24.0 Å². The molecule has 5 nitrogen and oxygen atoms in total. The number of hydrogen-bond donors (Lipinski definition) is 3. The van der Waals surface area contributed by atoms with Crippen molar-refractivity contribution in [2.45, 2.75) is 6.54 Å². The highest BCUT2D eigenvalue weighted by atomic mass is 127. The van der Waals surface area contributed by atoms with Crippen molar-refractivity contribution in [3.63, 3.8) is 0 Å². The van der Waals surface area contributed by atoms with Crippen molar-refractivity contribution in [1.82, 2.24) is 5.32 Å². The number of carbonyl (C=O) groups is 1. The number of carbonyl (C=O) groups excluding carboxylic acids is 1. The molecule has 1 amide bonds. The third-order valence-electron chi connectivity index (χ3n) is 1.95. The van der Waals surface area contributed by atoms with Gasteiger partial charge in [0.15, 0.2) is 5.96 Å². The lowest BCUT2D eigenvalue weighted by molar-refractivity contribution is 0.100. The van der Waals surface area contributed by atoms with Crippen molar-refractivity contribution in [2.75, 3.05) is 7.05 Å². The monoisotopic (exact) mass is 334 g/mol. The van der Waals surface area contributed by atoms with Crippen LogP contribution in [0.25, 0.3) is 0 Å². The predicted molar refractivity (Wildman–Crippen MR) is 74.8 cm³/mol. The molecule has 0 fully saturated rings. The van der Waals surface area contributed by atoms with Gasteiger partial charge in [-0.05, 0) is 17.7 Å². The molecule has 6 heteroatoms. The van der Waals surface area contributed by atoms with Crippen LogP contribution < -0.4 is 16.8 Å². The summed E-state index contributed by atoms with van der Waals surface area (Å²) in [4.78, 5) is 14.6. The molecule has 0 saturated heterocycles. The Hall–Kier alpha value is -1.31. The molecule has 88 valence electrons. The number of hydrogen-bond acceptors (Lipinski definition) is 2. The topological polar surface area (TPSA) is 93.5 Å². The van der Waals surface area contributed by atoms with Crippen molar-refractivity contribution >= 4 is 35.8 Å². The highest BCUT2D eigenvalue weighted by Gasteiger charge is 1.99. The Labute approximate surface area is 111 Å². The molecule has 0 aliphatic rings. The summed E-state index contributed by atoms with van der Waals surface area (Å²) in [6.45, 7) is 0.572. The third kappa shape index (κ3) is 4.47. The van der Waals surface area contributed by atoms with Gasteiger partial charge in [-0.2, -0.15) is 0 Å². The molecule has 0 heterocycles. The number of nitrogens with two attached hydrogens (primary N) is 2. The van der Waals surface area contributed by atoms with Crippen molar-refractivity contribution in [2.24, 2.45) is 16.5 Å². The highest BCUT2D eigenvalue weighted by Crippen LogP contribution is 2.03. The SMILES string of the molecule is CN=C(N)NCc1ccc(C(N)=O)cc1.I. The second kappa shape index (κ2) is 7.04. The third-order valence-corrected chi connectivity index (χ3v) is 1.95. The molecule has 1 aromatic carbocycles. The van der Waals surface area contributed by atoms with Crippen LogP contribution in [0.1, 0.15) is 15.9 Å². The average molecular weight is 334 g/mol. The molecule has 0 aliphatic heterocycles. The first-order chi connectivity index (χ1) is 7.13. The minimum Gasteiger partial charge on any atom is -0.370 e. The summed E-state index contributed by atoms with van der Waals surface area (Å²) in [6.07, 6.45) is 0. The number of primary amides is 1. The van der Waals surface area contributed by atoms with E-state index in [2.05, 4.69) is 10.3 Å². The van der Waals surface area contributed by atoms with Crippen molar-refractivity contribution in [1.29, 1.82) is 0 Å². The number of halogens is 1. The second-order valence-corrected chi connectivity index (χ2v) is 3.02. The van der Waals surface area contributed by atoms with Gasteiger partial charge < -0.3 is 16.8 Å². The van der Waals surface area contributed by atoms with E-state index in [1.54, 1.807) is 19.2 Å². The molecule has 1 aromatic rings. The fourth-order valence-electron chi connectivity index (χ4n) is 1.06. The van der Waals surface area contributed by atoms with Crippen LogP contribution in [0.15, 0.2) is 29.3 Å². The Morgan fingerprint density at radius 1 is 1.31 bits per heavy atom. The van der Waals surface area contributed by atoms with Crippen LogP contribution in [0.4, 0.5) is 0 Å². The van der Waals surface area contributed by atoms with Gasteiger partial charge in [-0.3, -0.25) is 9.79 Å². The zero-order chi connectivity index (χ0) is 11.3. The van der Waals surface area contributed by atoms with E-state index in [9.17, 15) is 4.79 Å². The molecular formula is C10H15IN4O. The fourth-order valence-corrected chi connectivity index (χ4v) is 1.06. The zero-order valence-corrected chi connectivity index (χ0v) is 11.3. The molecule has 0 unspecified atom stereocenters. The summed E-state index contributed by atoms with van der Waals surface area (Å²) < 4.78 is 0. The van der Waals surface area contributed by atoms with E-state index < -0.39 is 5.91 Å². The molecule has 0 aromatic heterocycles. The largest absolute Gasteiger partial charge is 0.370 e. The molecule has 0 radical (unpaired) electrons. The molecule has 0 atom stereocenters. The normalized spacial score (nSPS) is 10.4. The Morgan fingerprint density at radius 3 is 2.31 bits per heavy atom. The van der Waals surface area contributed by atoms with Crippen LogP contribution in [0.2, 0.25) is 0 Å². The summed E-state index contributed by atoms with van der Waals surface area (Å²) in [5, 5.41) is 2.91. The smallest absolute Gasteiger partial charge is 0.248 e. The van der Waals surface area contributed by atoms with E-state index in [0.717, 1.165) is 5.56 Å². The van der Waals surface area contributed by atoms with Gasteiger partial charge in [0, 0.05) is 19.2 Å². The molecule has 16 heavy (non-hydrogen) atoms. The average Bonchev–Trinajstić information content (AvgIpc) is 2.26. The van der Waals surface area contributed by atoms with Crippen molar-refractivity contribution < 1.29 is 4.79 Å². The quantitative estimate of drug-likeness (QED) is 0.425. The number of nitrogens with one attached hydrogen (secondary N) is 1. The number of benzene rings is 1. The van der Waals surface area contributed by atoms with Gasteiger partial charge in [-0.1, -0.05) is 12.1 Å². The summed E-state index contributed by atoms with van der Waals surface area (Å²) in [6, 6.07) is 6.99. The van der Waals surface area contributed by atoms with Gasteiger partial charge in [0.1, 0.15) is 0 Å². The Morgan fingerprint density at radius 2 is 1.88 bits per heavy atom. The Bertz CT molecular complexity index is 375. The van der Waals surface area contributed by atoms with Gasteiger partial charge in [-0.15, -0.1) is 24.0 Å². The maximum atomic E-state index is 10.8. The maximum absolute atomic E-state index is 10.8. The minimum atomic E-state index is -0.427. The number of nitrogens with zero attached hydrogens (tertiary/aromatic N) is 1. The lowest BCUT2D eigenvalue weighted by atomic mass is 10.1. The van der Waals surface area contributed by atoms with E-state index in [1.807, 2.05) is 12.1 Å². The van der Waals surface area contributed by atoms with E-state index in [0.29, 0.717) is 18.1 Å². The molecule has 5 N–H and O–H groups in total. The number of aliphatic imine (C=N–C) groups is 1. The molecule has 0 saturated carbocycles. The van der Waals surface area contributed by atoms with Gasteiger partial charge in [-0.25, -0.2) is 0 Å². The predicted octanol–water partition coefficient (Wildman–Crippen LogP) is 0.438. The fraction of sp³-hybridized carbons (Fsp3) is 0.200. The highest BCUT2D eigenvalue weighted by molar-refractivity contribution is 14.0. The first-order valence-corrected chi connectivity index (χ1v) is 4.48. The van der Waals surface area contributed by atoms with Crippen LogP contribution in [0, 0.1) is 0 Å². The Balaban J connectivity index is 0.00000225. The maximum Gasteiger partial charge on any atom is 0.248 e. The van der Waals surface area contributed by atoms with Gasteiger partial charge >= 0.3 is 0 Å². The van der Waals surface area contributed by atoms with Crippen LogP contribution in [0.3, 0.4) is 0 Å². The summed E-state index contributed by atoms with van der Waals surface area (Å²) in [7, 11) is 1.61. The zero-order valence-electron chi connectivity index (χ0n) is 8.93. The van der Waals surface area contributed by atoms with Crippen LogP contribution in [-0.4, -0.2) is 18.9 Å². The van der Waals surface area contributed by atoms with Crippen LogP contribution in [-0.2, 0) is 6.54 Å². The molecular weight excluding hydrogens is 319 g/mol. The molecule has 0 aliphatic carbocycles. The van der Waals surface area contributed by atoms with E-state index in [1.165, 1.54) is 0 Å².